The van der Waals surface area contributed by atoms with Gasteiger partial charge in [0.05, 0.1) is 16.6 Å². The molecule has 2 aliphatic heterocycles. The fraction of sp³-hybridized carbons (Fsp3) is 0.233. The quantitative estimate of drug-likeness (QED) is 0.212. The summed E-state index contributed by atoms with van der Waals surface area (Å²) in [5, 5.41) is 14.5. The van der Waals surface area contributed by atoms with Crippen molar-refractivity contribution in [2.75, 3.05) is 18.0 Å². The molecule has 2 saturated heterocycles. The van der Waals surface area contributed by atoms with Crippen LogP contribution >= 0.6 is 11.6 Å². The van der Waals surface area contributed by atoms with E-state index in [2.05, 4.69) is 30.2 Å². The van der Waals surface area contributed by atoms with Gasteiger partial charge in [-0.1, -0.05) is 6.07 Å². The first-order valence-electron chi connectivity index (χ1n) is 13.7. The van der Waals surface area contributed by atoms with E-state index in [9.17, 15) is 9.50 Å². The maximum atomic E-state index is 16.5. The van der Waals surface area contributed by atoms with E-state index in [0.29, 0.717) is 41.1 Å². The number of halogens is 4. The van der Waals surface area contributed by atoms with Crippen LogP contribution in [0, 0.1) is 17.5 Å². The summed E-state index contributed by atoms with van der Waals surface area (Å²) in [4.78, 5) is 18.6. The zero-order chi connectivity index (χ0) is 29.4. The molecule has 8 rings (SSSR count). The molecule has 13 heteroatoms. The highest BCUT2D eigenvalue weighted by atomic mass is 35.5. The summed E-state index contributed by atoms with van der Waals surface area (Å²) < 4.78 is 57.1. The lowest BCUT2D eigenvalue weighted by Crippen LogP contribution is -2.51. The van der Waals surface area contributed by atoms with E-state index in [1.165, 1.54) is 18.3 Å². The minimum atomic E-state index is -1.17. The Bertz CT molecular complexity index is 2040. The number of aromatic hydroxyl groups is 1. The van der Waals surface area contributed by atoms with Gasteiger partial charge in [0.25, 0.3) is 0 Å². The predicted octanol–water partition coefficient (Wildman–Crippen LogP) is 6.22. The molecule has 4 aromatic heterocycles. The first kappa shape index (κ1) is 26.1. The van der Waals surface area contributed by atoms with Crippen LogP contribution in [-0.2, 0) is 6.61 Å². The number of piperazine rings is 1. The van der Waals surface area contributed by atoms with Gasteiger partial charge in [0, 0.05) is 54.5 Å². The van der Waals surface area contributed by atoms with Crippen LogP contribution < -0.4 is 15.0 Å². The van der Waals surface area contributed by atoms with Crippen molar-refractivity contribution in [2.24, 2.45) is 0 Å². The van der Waals surface area contributed by atoms with E-state index in [1.54, 1.807) is 12.1 Å². The number of hydrogen-bond acceptors (Lipinski definition) is 8. The van der Waals surface area contributed by atoms with Gasteiger partial charge in [-0.15, -0.1) is 0 Å². The number of pyridine rings is 1. The van der Waals surface area contributed by atoms with E-state index in [4.69, 9.17) is 20.8 Å². The van der Waals surface area contributed by atoms with Crippen LogP contribution in [0.25, 0.3) is 44.0 Å². The Balaban J connectivity index is 1.26. The molecule has 0 aliphatic carbocycles. The highest BCUT2D eigenvalue weighted by molar-refractivity contribution is 6.29. The maximum Gasteiger partial charge on any atom is 0.319 e. The molecule has 0 amide bonds. The largest absolute Gasteiger partial charge is 0.508 e. The molecule has 6 aromatic rings. The molecule has 2 aliphatic rings. The Hall–Kier alpha value is -4.55. The van der Waals surface area contributed by atoms with Gasteiger partial charge in [0.2, 0.25) is 0 Å². The van der Waals surface area contributed by atoms with E-state index in [0.717, 1.165) is 25.0 Å². The number of H-pyrrole nitrogens is 1. The van der Waals surface area contributed by atoms with E-state index >= 15 is 8.78 Å². The Kier molecular flexibility index (Phi) is 5.92. The molecule has 2 aromatic carbocycles. The number of nitrogens with one attached hydrogen (secondary N) is 2. The van der Waals surface area contributed by atoms with Crippen molar-refractivity contribution in [3.63, 3.8) is 0 Å². The zero-order valence-electron chi connectivity index (χ0n) is 22.3. The molecule has 9 nitrogen and oxygen atoms in total. The molecule has 0 unspecified atom stereocenters. The lowest BCUT2D eigenvalue weighted by molar-refractivity contribution is 0.278. The number of ether oxygens (including phenoxy) is 1. The number of rotatable bonds is 5. The van der Waals surface area contributed by atoms with Crippen molar-refractivity contribution in [3.8, 4) is 23.0 Å². The molecule has 2 fully saturated rings. The molecule has 2 bridgehead atoms. The molecule has 0 radical (unpaired) electrons. The zero-order valence-corrected chi connectivity index (χ0v) is 23.1. The number of hydrogen-bond donors (Lipinski definition) is 3. The van der Waals surface area contributed by atoms with E-state index < -0.39 is 17.5 Å². The van der Waals surface area contributed by atoms with Crippen molar-refractivity contribution in [2.45, 2.75) is 31.5 Å². The second-order valence-corrected chi connectivity index (χ2v) is 11.3. The van der Waals surface area contributed by atoms with Crippen molar-refractivity contribution in [1.29, 1.82) is 0 Å². The molecule has 218 valence electrons. The summed E-state index contributed by atoms with van der Waals surface area (Å²) in [6.45, 7) is 1.34. The monoisotopic (exact) mass is 606 g/mol. The number of anilines is 1. The molecule has 0 saturated carbocycles. The number of nitrogens with zero attached hydrogens (tertiary/aromatic N) is 4. The van der Waals surface area contributed by atoms with Crippen LogP contribution in [0.3, 0.4) is 0 Å². The smallest absolute Gasteiger partial charge is 0.319 e. The third-order valence-corrected chi connectivity index (χ3v) is 8.28. The highest BCUT2D eigenvalue weighted by Crippen LogP contribution is 2.39. The first-order valence-corrected chi connectivity index (χ1v) is 14.1. The van der Waals surface area contributed by atoms with Crippen LogP contribution in [0.15, 0.2) is 47.0 Å². The van der Waals surface area contributed by atoms with Crippen molar-refractivity contribution in [3.05, 3.63) is 71.0 Å². The van der Waals surface area contributed by atoms with Gasteiger partial charge in [0.15, 0.2) is 28.3 Å². The van der Waals surface area contributed by atoms with Gasteiger partial charge in [-0.3, -0.25) is 4.98 Å². The fourth-order valence-electron chi connectivity index (χ4n) is 6.22. The lowest BCUT2D eigenvalue weighted by Gasteiger charge is -2.34. The molecule has 6 heterocycles. The lowest BCUT2D eigenvalue weighted by atomic mass is 9.99. The third-order valence-electron chi connectivity index (χ3n) is 8.09. The van der Waals surface area contributed by atoms with Crippen molar-refractivity contribution in [1.82, 2.24) is 25.3 Å². The SMILES string of the molecule is Oc1cc(-c2ncc3c(N4C[C@H]5CC[C@@H](C4)N5)nc(OCc4cc5oc(Cl)cc5[nH]4)nc3c2F)c2c(F)c(F)ccc2c1. The summed E-state index contributed by atoms with van der Waals surface area (Å²) in [5.41, 5.74) is 1.41. The molecular formula is C30H22ClF3N6O3. The topological polar surface area (TPSA) is 112 Å². The molecule has 3 N–H and O–H groups in total. The minimum Gasteiger partial charge on any atom is -0.508 e. The first-order chi connectivity index (χ1) is 20.8. The average Bonchev–Trinajstić information content (AvgIpc) is 3.64. The summed E-state index contributed by atoms with van der Waals surface area (Å²) >= 11 is 5.91. The molecule has 43 heavy (non-hydrogen) atoms. The number of furan rings is 1. The van der Waals surface area contributed by atoms with Crippen LogP contribution in [0.2, 0.25) is 5.22 Å². The predicted molar refractivity (Wildman–Crippen MR) is 154 cm³/mol. The summed E-state index contributed by atoms with van der Waals surface area (Å²) in [6, 6.07) is 8.53. The molecule has 2 atom stereocenters. The highest BCUT2D eigenvalue weighted by Gasteiger charge is 2.34. The van der Waals surface area contributed by atoms with Gasteiger partial charge >= 0.3 is 6.01 Å². The maximum absolute atomic E-state index is 16.5. The number of phenolic OH excluding ortho intramolecular Hbond substituents is 1. The Morgan fingerprint density at radius 2 is 1.86 bits per heavy atom. The second kappa shape index (κ2) is 9.75. The van der Waals surface area contributed by atoms with Gasteiger partial charge in [-0.2, -0.15) is 9.97 Å². The fourth-order valence-corrected chi connectivity index (χ4v) is 6.41. The Labute approximate surface area is 246 Å². The molecule has 0 spiro atoms. The van der Waals surface area contributed by atoms with Gasteiger partial charge < -0.3 is 29.5 Å². The van der Waals surface area contributed by atoms with Gasteiger partial charge in [-0.05, 0) is 48.0 Å². The second-order valence-electron chi connectivity index (χ2n) is 10.9. The molecular weight excluding hydrogens is 585 g/mol. The Morgan fingerprint density at radius 1 is 1.05 bits per heavy atom. The number of aromatic nitrogens is 4. The number of benzene rings is 2. The van der Waals surface area contributed by atoms with Crippen LogP contribution in [0.1, 0.15) is 18.5 Å². The van der Waals surface area contributed by atoms with E-state index in [-0.39, 0.29) is 63.2 Å². The van der Waals surface area contributed by atoms with Crippen LogP contribution in [0.5, 0.6) is 11.8 Å². The number of aromatic amines is 1. The standard InChI is InChI=1S/C30H22ClF3N6O3/c31-23-8-21-22(43-23)6-16(37-21)12-42-30-38-28-19(29(39-30)40-10-14-2-3-15(11-40)36-14)9-35-27(26(28)34)18-7-17(41)5-13-1-4-20(32)25(33)24(13)18/h1,4-9,14-15,36-37,41H,2-3,10-12H2/t14-,15+. The van der Waals surface area contributed by atoms with E-state index in [1.807, 2.05) is 0 Å². The minimum absolute atomic E-state index is 0.0286. The summed E-state index contributed by atoms with van der Waals surface area (Å²) in [6.07, 6.45) is 3.47. The summed E-state index contributed by atoms with van der Waals surface area (Å²) in [7, 11) is 0. The normalized spacial score (nSPS) is 18.4. The third kappa shape index (κ3) is 4.40. The van der Waals surface area contributed by atoms with Gasteiger partial charge in [-0.25, -0.2) is 13.2 Å². The van der Waals surface area contributed by atoms with Crippen LogP contribution in [0.4, 0.5) is 19.0 Å². The number of fused-ring (bicyclic) bond motifs is 5. The summed E-state index contributed by atoms with van der Waals surface area (Å²) in [5.74, 6) is -2.95. The van der Waals surface area contributed by atoms with Crippen molar-refractivity contribution >= 4 is 50.2 Å². The van der Waals surface area contributed by atoms with Crippen LogP contribution in [-0.4, -0.2) is 50.2 Å². The number of phenols is 1. The average molecular weight is 607 g/mol. The van der Waals surface area contributed by atoms with Crippen molar-refractivity contribution < 1.29 is 27.4 Å². The van der Waals surface area contributed by atoms with Gasteiger partial charge in [0.1, 0.15) is 29.4 Å². The Morgan fingerprint density at radius 3 is 2.65 bits per heavy atom.